The minimum Gasteiger partial charge on any atom is -0.507 e. The molecule has 1 aliphatic rings. The van der Waals surface area contributed by atoms with Crippen LogP contribution in [0.5, 0.6) is 5.75 Å². The quantitative estimate of drug-likeness (QED) is 0.119. The number of aromatic nitrogens is 1. The number of nitro groups is 1. The van der Waals surface area contributed by atoms with E-state index in [1.807, 2.05) is 47.6 Å². The zero-order valence-corrected chi connectivity index (χ0v) is 26.4. The molecular weight excluding hydrogens is 582 g/mol. The standard InChI is InChI=1S/C37H33N3O6/c1-36(2,3)26-17-22(18-27(34(26)43)37(4,5)6)35(44)39-29-9-7-8-19-11-13-28(38-31(19)29)30-32(41)24-15-20-10-12-23(40(45)46)14-21(20)16-25(24)33(30)42/h7-18,30,43H,1-6H3,(H,39,44). The van der Waals surface area contributed by atoms with Gasteiger partial charge in [-0.2, -0.15) is 0 Å². The molecule has 1 atom stereocenters. The molecule has 1 aromatic heterocycles. The molecule has 1 heterocycles. The van der Waals surface area contributed by atoms with Gasteiger partial charge in [-0.3, -0.25) is 24.5 Å². The third-order valence-corrected chi connectivity index (χ3v) is 8.50. The van der Waals surface area contributed by atoms with Gasteiger partial charge in [-0.05, 0) is 64.1 Å². The largest absolute Gasteiger partial charge is 0.507 e. The molecular formula is C37H33N3O6. The Morgan fingerprint density at radius 3 is 1.98 bits per heavy atom. The molecule has 2 N–H and O–H groups in total. The Morgan fingerprint density at radius 1 is 0.804 bits per heavy atom. The number of hydrogen-bond donors (Lipinski definition) is 2. The Kier molecular flexibility index (Phi) is 7.03. The van der Waals surface area contributed by atoms with Crippen molar-refractivity contribution in [1.82, 2.24) is 4.98 Å². The van der Waals surface area contributed by atoms with E-state index in [1.165, 1.54) is 18.2 Å². The van der Waals surface area contributed by atoms with E-state index in [-0.39, 0.29) is 28.3 Å². The summed E-state index contributed by atoms with van der Waals surface area (Å²) in [6, 6.07) is 19.5. The van der Waals surface area contributed by atoms with Crippen molar-refractivity contribution in [3.8, 4) is 5.75 Å². The summed E-state index contributed by atoms with van der Waals surface area (Å²) in [6.45, 7) is 11.8. The predicted molar refractivity (Wildman–Crippen MR) is 177 cm³/mol. The maximum atomic E-state index is 13.7. The monoisotopic (exact) mass is 615 g/mol. The van der Waals surface area contributed by atoms with E-state index in [1.54, 1.807) is 48.5 Å². The molecule has 1 aliphatic carbocycles. The van der Waals surface area contributed by atoms with Gasteiger partial charge in [0.05, 0.1) is 21.8 Å². The normalized spacial score (nSPS) is 15.0. The number of nitrogens with zero attached hydrogens (tertiary/aromatic N) is 2. The molecule has 0 saturated carbocycles. The van der Waals surface area contributed by atoms with Gasteiger partial charge in [-0.1, -0.05) is 59.7 Å². The predicted octanol–water partition coefficient (Wildman–Crippen LogP) is 8.01. The third kappa shape index (κ3) is 5.17. The molecule has 9 nitrogen and oxygen atoms in total. The molecule has 1 amide bonds. The number of carbonyl (C=O) groups is 3. The Hall–Kier alpha value is -5.44. The molecule has 0 spiro atoms. The van der Waals surface area contributed by atoms with Crippen molar-refractivity contribution in [2.24, 2.45) is 0 Å². The van der Waals surface area contributed by atoms with Gasteiger partial charge in [0.1, 0.15) is 11.7 Å². The van der Waals surface area contributed by atoms with Crippen LogP contribution in [-0.2, 0) is 10.8 Å². The van der Waals surface area contributed by atoms with Crippen LogP contribution in [0.4, 0.5) is 11.4 Å². The number of para-hydroxylation sites is 1. The van der Waals surface area contributed by atoms with Crippen LogP contribution >= 0.6 is 0 Å². The lowest BCUT2D eigenvalue weighted by Gasteiger charge is -2.28. The number of Topliss-reactive ketones (excluding diaryl/α,β-unsaturated/α-hetero) is 2. The number of ketones is 2. The second-order valence-corrected chi connectivity index (χ2v) is 13.8. The number of fused-ring (bicyclic) bond motifs is 3. The van der Waals surface area contributed by atoms with Crippen LogP contribution in [0.1, 0.15) is 95.4 Å². The summed E-state index contributed by atoms with van der Waals surface area (Å²) in [5.41, 5.74) is 2.24. The van der Waals surface area contributed by atoms with Gasteiger partial charge < -0.3 is 10.4 Å². The number of amides is 1. The van der Waals surface area contributed by atoms with Crippen molar-refractivity contribution >= 4 is 50.5 Å². The van der Waals surface area contributed by atoms with Gasteiger partial charge in [-0.15, -0.1) is 0 Å². The lowest BCUT2D eigenvalue weighted by molar-refractivity contribution is -0.384. The third-order valence-electron chi connectivity index (χ3n) is 8.50. The molecule has 6 rings (SSSR count). The van der Waals surface area contributed by atoms with Gasteiger partial charge >= 0.3 is 0 Å². The van der Waals surface area contributed by atoms with Crippen LogP contribution in [0.2, 0.25) is 0 Å². The first kappa shape index (κ1) is 30.6. The van der Waals surface area contributed by atoms with Crippen LogP contribution in [-0.4, -0.2) is 32.5 Å². The molecule has 0 fully saturated rings. The van der Waals surface area contributed by atoms with Crippen molar-refractivity contribution in [3.63, 3.8) is 0 Å². The van der Waals surface area contributed by atoms with Gasteiger partial charge in [0.2, 0.25) is 0 Å². The van der Waals surface area contributed by atoms with E-state index >= 15 is 0 Å². The fraction of sp³-hybridized carbons (Fsp3) is 0.243. The fourth-order valence-corrected chi connectivity index (χ4v) is 6.03. The van der Waals surface area contributed by atoms with Gasteiger partial charge in [0, 0.05) is 45.3 Å². The minimum atomic E-state index is -1.18. The number of benzene rings is 4. The van der Waals surface area contributed by atoms with Crippen LogP contribution in [0.15, 0.2) is 72.8 Å². The van der Waals surface area contributed by atoms with E-state index in [0.29, 0.717) is 44.1 Å². The van der Waals surface area contributed by atoms with E-state index in [2.05, 4.69) is 5.32 Å². The van der Waals surface area contributed by atoms with Gasteiger partial charge in [0.25, 0.3) is 11.6 Å². The molecule has 4 aromatic carbocycles. The number of non-ortho nitro benzene ring substituents is 1. The van der Waals surface area contributed by atoms with Gasteiger partial charge in [-0.25, -0.2) is 4.98 Å². The lowest BCUT2D eigenvalue weighted by Crippen LogP contribution is -2.21. The zero-order chi connectivity index (χ0) is 33.3. The molecule has 0 radical (unpaired) electrons. The lowest BCUT2D eigenvalue weighted by atomic mass is 9.78. The number of rotatable bonds is 4. The second-order valence-electron chi connectivity index (χ2n) is 13.8. The minimum absolute atomic E-state index is 0.108. The Labute approximate surface area is 265 Å². The SMILES string of the molecule is CC(C)(C)c1cc(C(=O)Nc2cccc3ccc(C4C(=O)c5cc6ccc([N+](=O)[O-])cc6cc5C4=O)nc23)cc(C(C)(C)C)c1O. The highest BCUT2D eigenvalue weighted by molar-refractivity contribution is 6.31. The van der Waals surface area contributed by atoms with Crippen molar-refractivity contribution in [3.05, 3.63) is 116 Å². The van der Waals surface area contributed by atoms with E-state index < -0.39 is 39.1 Å². The number of hydrogen-bond acceptors (Lipinski definition) is 7. The number of aromatic hydroxyl groups is 1. The average Bonchev–Trinajstić information content (AvgIpc) is 3.22. The Morgan fingerprint density at radius 2 is 1.39 bits per heavy atom. The van der Waals surface area contributed by atoms with E-state index in [9.17, 15) is 29.6 Å². The molecule has 232 valence electrons. The first-order valence-corrected chi connectivity index (χ1v) is 14.9. The summed E-state index contributed by atoms with van der Waals surface area (Å²) in [5, 5.41) is 27.1. The topological polar surface area (TPSA) is 140 Å². The number of nitrogens with one attached hydrogen (secondary N) is 1. The van der Waals surface area contributed by atoms with Crippen molar-refractivity contribution in [1.29, 1.82) is 0 Å². The second kappa shape index (κ2) is 10.6. The van der Waals surface area contributed by atoms with Crippen molar-refractivity contribution < 1.29 is 24.4 Å². The maximum Gasteiger partial charge on any atom is 0.270 e. The molecule has 0 saturated heterocycles. The summed E-state index contributed by atoms with van der Waals surface area (Å²) >= 11 is 0. The molecule has 9 heteroatoms. The number of nitro benzene ring substituents is 1. The number of pyridine rings is 1. The van der Waals surface area contributed by atoms with Crippen LogP contribution in [0.3, 0.4) is 0 Å². The summed E-state index contributed by atoms with van der Waals surface area (Å²) in [7, 11) is 0. The first-order chi connectivity index (χ1) is 21.5. The smallest absolute Gasteiger partial charge is 0.270 e. The molecule has 46 heavy (non-hydrogen) atoms. The number of carbonyl (C=O) groups excluding carboxylic acids is 3. The number of phenols is 1. The highest BCUT2D eigenvalue weighted by Gasteiger charge is 2.41. The summed E-state index contributed by atoms with van der Waals surface area (Å²) in [5.74, 6) is -2.24. The maximum absolute atomic E-state index is 13.7. The average molecular weight is 616 g/mol. The molecule has 5 aromatic rings. The molecule has 1 unspecified atom stereocenters. The van der Waals surface area contributed by atoms with Crippen LogP contribution in [0, 0.1) is 10.1 Å². The van der Waals surface area contributed by atoms with Crippen molar-refractivity contribution in [2.75, 3.05) is 5.32 Å². The number of phenolic OH excluding ortho intramolecular Hbond substituents is 1. The van der Waals surface area contributed by atoms with Crippen molar-refractivity contribution in [2.45, 2.75) is 58.3 Å². The summed E-state index contributed by atoms with van der Waals surface area (Å²) in [4.78, 5) is 56.5. The van der Waals surface area contributed by atoms with E-state index in [4.69, 9.17) is 4.98 Å². The Balaban J connectivity index is 1.38. The summed E-state index contributed by atoms with van der Waals surface area (Å²) < 4.78 is 0. The molecule has 0 bridgehead atoms. The zero-order valence-electron chi connectivity index (χ0n) is 26.4. The highest BCUT2D eigenvalue weighted by Crippen LogP contribution is 2.41. The highest BCUT2D eigenvalue weighted by atomic mass is 16.6. The first-order valence-electron chi connectivity index (χ1n) is 14.9. The summed E-state index contributed by atoms with van der Waals surface area (Å²) in [6.07, 6.45) is 0. The Bertz CT molecular complexity index is 2120. The molecule has 0 aliphatic heterocycles. The van der Waals surface area contributed by atoms with Crippen LogP contribution < -0.4 is 5.32 Å². The van der Waals surface area contributed by atoms with Crippen LogP contribution in [0.25, 0.3) is 21.7 Å². The fourth-order valence-electron chi connectivity index (χ4n) is 6.03. The van der Waals surface area contributed by atoms with E-state index in [0.717, 1.165) is 0 Å². The number of anilines is 1. The van der Waals surface area contributed by atoms with Gasteiger partial charge in [0.15, 0.2) is 11.6 Å².